The number of alkyl halides is 2. The molecule has 2 aromatic rings. The second kappa shape index (κ2) is 10.7. The number of carbonyl (C=O) groups is 1. The van der Waals surface area contributed by atoms with E-state index in [1.807, 2.05) is 0 Å². The summed E-state index contributed by atoms with van der Waals surface area (Å²) in [6.07, 6.45) is 3.23. The van der Waals surface area contributed by atoms with E-state index in [2.05, 4.69) is 25.9 Å². The summed E-state index contributed by atoms with van der Waals surface area (Å²) in [6, 6.07) is 9.86. The lowest BCUT2D eigenvalue weighted by Crippen LogP contribution is -2.45. The van der Waals surface area contributed by atoms with Crippen molar-refractivity contribution in [3.05, 3.63) is 53.2 Å². The normalized spacial score (nSPS) is 11.3. The minimum Gasteiger partial charge on any atom is -0.480 e. The molecular formula is C18H17Cl3N6O2. The van der Waals surface area contributed by atoms with Gasteiger partial charge >= 0.3 is 0 Å². The molecule has 0 saturated carbocycles. The number of hydrogen-bond acceptors (Lipinski definition) is 5. The Labute approximate surface area is 182 Å². The summed E-state index contributed by atoms with van der Waals surface area (Å²) in [6.45, 7) is -0.0907. The van der Waals surface area contributed by atoms with E-state index in [1.54, 1.807) is 42.7 Å². The van der Waals surface area contributed by atoms with Crippen LogP contribution in [0.15, 0.2) is 47.6 Å². The van der Waals surface area contributed by atoms with E-state index < -0.39 is 4.33 Å². The highest BCUT2D eigenvalue weighted by molar-refractivity contribution is 6.49. The van der Waals surface area contributed by atoms with Gasteiger partial charge in [0.1, 0.15) is 5.69 Å². The van der Waals surface area contributed by atoms with Crippen LogP contribution in [0.25, 0.3) is 0 Å². The fourth-order valence-electron chi connectivity index (χ4n) is 2.15. The highest BCUT2D eigenvalue weighted by Gasteiger charge is 2.26. The number of anilines is 1. The number of aromatic nitrogens is 1. The van der Waals surface area contributed by atoms with Crippen molar-refractivity contribution in [1.82, 2.24) is 15.6 Å². The van der Waals surface area contributed by atoms with Crippen LogP contribution in [0.5, 0.6) is 5.88 Å². The standard InChI is InChI=1S/C18H17Cl3N6O2/c1-29-16-14(6-3-7-23-16)27-17(26-11-22)25-10-18(20,21)9-24-15(28)12-4-2-5-13(19)8-12/h2-8H,9-10H2,1H3,(H,24,28)(H2,25,26,27). The first-order chi connectivity index (χ1) is 13.8. The SMILES string of the molecule is COc1ncccc1NC(=NC#N)NCC(Cl)(Cl)CNC(=O)c1cccc(Cl)c1. The van der Waals surface area contributed by atoms with Crippen LogP contribution in [0.2, 0.25) is 5.02 Å². The third-order valence-corrected chi connectivity index (χ3v) is 4.26. The first kappa shape index (κ1) is 22.6. The Morgan fingerprint density at radius 2 is 2.03 bits per heavy atom. The number of nitriles is 1. The number of aliphatic imine (C=N–C) groups is 1. The van der Waals surface area contributed by atoms with Gasteiger partial charge in [0.15, 0.2) is 4.33 Å². The van der Waals surface area contributed by atoms with Crippen LogP contribution in [0, 0.1) is 11.5 Å². The van der Waals surface area contributed by atoms with Gasteiger partial charge in [-0.1, -0.05) is 40.9 Å². The first-order valence-corrected chi connectivity index (χ1v) is 9.36. The zero-order valence-corrected chi connectivity index (χ0v) is 17.5. The summed E-state index contributed by atoms with van der Waals surface area (Å²) in [7, 11) is 1.47. The largest absolute Gasteiger partial charge is 0.480 e. The molecule has 0 atom stereocenters. The molecule has 1 aromatic heterocycles. The molecule has 0 bridgehead atoms. The summed E-state index contributed by atoms with van der Waals surface area (Å²) in [4.78, 5) is 19.9. The molecular weight excluding hydrogens is 439 g/mol. The number of nitrogens with one attached hydrogen (secondary N) is 3. The molecule has 29 heavy (non-hydrogen) atoms. The highest BCUT2D eigenvalue weighted by atomic mass is 35.5. The predicted octanol–water partition coefficient (Wildman–Crippen LogP) is 3.19. The maximum absolute atomic E-state index is 12.2. The first-order valence-electron chi connectivity index (χ1n) is 8.23. The van der Waals surface area contributed by atoms with Crippen LogP contribution in [0.1, 0.15) is 10.4 Å². The molecule has 8 nitrogen and oxygen atoms in total. The van der Waals surface area contributed by atoms with Gasteiger partial charge in [0.25, 0.3) is 5.91 Å². The van der Waals surface area contributed by atoms with Crippen molar-refractivity contribution in [3.63, 3.8) is 0 Å². The van der Waals surface area contributed by atoms with Gasteiger partial charge in [-0.05, 0) is 30.3 Å². The van der Waals surface area contributed by atoms with Crippen LogP contribution in [-0.2, 0) is 0 Å². The molecule has 1 amide bonds. The number of carbonyl (C=O) groups excluding carboxylic acids is 1. The molecule has 1 heterocycles. The molecule has 0 aliphatic heterocycles. The molecule has 152 valence electrons. The van der Waals surface area contributed by atoms with Gasteiger partial charge in [0.2, 0.25) is 18.0 Å². The van der Waals surface area contributed by atoms with E-state index in [9.17, 15) is 4.79 Å². The van der Waals surface area contributed by atoms with Crippen molar-refractivity contribution < 1.29 is 9.53 Å². The van der Waals surface area contributed by atoms with Crippen molar-refractivity contribution in [3.8, 4) is 12.1 Å². The van der Waals surface area contributed by atoms with Crippen molar-refractivity contribution >= 4 is 52.4 Å². The number of halogens is 3. The maximum Gasteiger partial charge on any atom is 0.251 e. The number of amides is 1. The lowest BCUT2D eigenvalue weighted by Gasteiger charge is -2.22. The van der Waals surface area contributed by atoms with Crippen LogP contribution < -0.4 is 20.7 Å². The van der Waals surface area contributed by atoms with Gasteiger partial charge in [-0.3, -0.25) is 4.79 Å². The molecule has 0 radical (unpaired) electrons. The summed E-state index contributed by atoms with van der Waals surface area (Å²) in [5, 5.41) is 17.7. The van der Waals surface area contributed by atoms with E-state index in [4.69, 9.17) is 44.8 Å². The maximum atomic E-state index is 12.2. The lowest BCUT2D eigenvalue weighted by atomic mass is 10.2. The molecule has 0 spiro atoms. The molecule has 0 aliphatic carbocycles. The van der Waals surface area contributed by atoms with E-state index >= 15 is 0 Å². The number of guanidine groups is 1. The van der Waals surface area contributed by atoms with Crippen LogP contribution in [0.4, 0.5) is 5.69 Å². The number of rotatable bonds is 7. The molecule has 0 aliphatic rings. The number of benzene rings is 1. The minimum absolute atomic E-state index is 0.0258. The average Bonchev–Trinajstić information content (AvgIpc) is 2.71. The monoisotopic (exact) mass is 454 g/mol. The average molecular weight is 456 g/mol. The Kier molecular flexibility index (Phi) is 8.34. The summed E-state index contributed by atoms with van der Waals surface area (Å²) >= 11 is 18.4. The van der Waals surface area contributed by atoms with Crippen LogP contribution in [0.3, 0.4) is 0 Å². The van der Waals surface area contributed by atoms with Crippen molar-refractivity contribution in [2.75, 3.05) is 25.5 Å². The number of nitrogens with zero attached hydrogens (tertiary/aromatic N) is 3. The quantitative estimate of drug-likeness (QED) is 0.256. The van der Waals surface area contributed by atoms with Crippen LogP contribution in [-0.4, -0.2) is 41.4 Å². The Morgan fingerprint density at radius 1 is 1.28 bits per heavy atom. The molecule has 1 aromatic carbocycles. The van der Waals surface area contributed by atoms with Gasteiger partial charge in [0, 0.05) is 16.8 Å². The second-order valence-corrected chi connectivity index (χ2v) is 7.73. The van der Waals surface area contributed by atoms with Crippen molar-refractivity contribution in [1.29, 1.82) is 5.26 Å². The van der Waals surface area contributed by atoms with Crippen molar-refractivity contribution in [2.45, 2.75) is 4.33 Å². The van der Waals surface area contributed by atoms with Gasteiger partial charge < -0.3 is 20.7 Å². The van der Waals surface area contributed by atoms with Gasteiger partial charge in [-0.25, -0.2) is 4.98 Å². The number of pyridine rings is 1. The molecule has 0 unspecified atom stereocenters. The van der Waals surface area contributed by atoms with E-state index in [-0.39, 0.29) is 25.0 Å². The predicted molar refractivity (Wildman–Crippen MR) is 114 cm³/mol. The third-order valence-electron chi connectivity index (χ3n) is 3.49. The number of ether oxygens (including phenoxy) is 1. The summed E-state index contributed by atoms with van der Waals surface area (Å²) in [5.74, 6) is 0.0321. The molecule has 2 rings (SSSR count). The minimum atomic E-state index is -1.38. The van der Waals surface area contributed by atoms with Crippen LogP contribution >= 0.6 is 34.8 Å². The lowest BCUT2D eigenvalue weighted by molar-refractivity contribution is 0.0952. The summed E-state index contributed by atoms with van der Waals surface area (Å²) in [5.41, 5.74) is 0.868. The zero-order chi connectivity index (χ0) is 21.3. The molecule has 0 saturated heterocycles. The zero-order valence-electron chi connectivity index (χ0n) is 15.2. The van der Waals surface area contributed by atoms with E-state index in [0.29, 0.717) is 22.2 Å². The number of methoxy groups -OCH3 is 1. The van der Waals surface area contributed by atoms with Gasteiger partial charge in [0.05, 0.1) is 20.2 Å². The highest BCUT2D eigenvalue weighted by Crippen LogP contribution is 2.21. The fourth-order valence-corrected chi connectivity index (χ4v) is 2.61. The van der Waals surface area contributed by atoms with Gasteiger partial charge in [-0.15, -0.1) is 4.99 Å². The molecule has 11 heteroatoms. The summed E-state index contributed by atoms with van der Waals surface area (Å²) < 4.78 is 3.75. The molecule has 0 fully saturated rings. The third kappa shape index (κ3) is 7.31. The van der Waals surface area contributed by atoms with Gasteiger partial charge in [-0.2, -0.15) is 5.26 Å². The topological polar surface area (TPSA) is 111 Å². The smallest absolute Gasteiger partial charge is 0.251 e. The Balaban J connectivity index is 1.95. The van der Waals surface area contributed by atoms with E-state index in [0.717, 1.165) is 0 Å². The fraction of sp³-hybridized carbons (Fsp3) is 0.222. The Hall–Kier alpha value is -2.73. The second-order valence-electron chi connectivity index (χ2n) is 5.65. The number of hydrogen-bond donors (Lipinski definition) is 3. The van der Waals surface area contributed by atoms with E-state index in [1.165, 1.54) is 13.2 Å². The molecule has 3 N–H and O–H groups in total. The Bertz CT molecular complexity index is 930. The van der Waals surface area contributed by atoms with Crippen molar-refractivity contribution in [2.24, 2.45) is 4.99 Å². The Morgan fingerprint density at radius 3 is 2.72 bits per heavy atom.